The summed E-state index contributed by atoms with van der Waals surface area (Å²) in [6.45, 7) is 9.15. The van der Waals surface area contributed by atoms with E-state index >= 15 is 0 Å². The molecule has 1 aromatic rings. The fourth-order valence-corrected chi connectivity index (χ4v) is 1.03. The van der Waals surface area contributed by atoms with Crippen LogP contribution in [0.2, 0.25) is 0 Å². The molecule has 0 aliphatic rings. The van der Waals surface area contributed by atoms with Gasteiger partial charge < -0.3 is 4.74 Å². The molecule has 0 aliphatic carbocycles. The van der Waals surface area contributed by atoms with E-state index in [9.17, 15) is 0 Å². The van der Waals surface area contributed by atoms with Gasteiger partial charge in [0.05, 0.1) is 13.2 Å². The van der Waals surface area contributed by atoms with Crippen LogP contribution in [0, 0.1) is 6.92 Å². The molecule has 0 bridgehead atoms. The summed E-state index contributed by atoms with van der Waals surface area (Å²) in [5.74, 6) is 0. The summed E-state index contributed by atoms with van der Waals surface area (Å²) < 4.78 is 5.42. The zero-order chi connectivity index (χ0) is 9.68. The third kappa shape index (κ3) is 3.90. The molecule has 1 rings (SSSR count). The van der Waals surface area contributed by atoms with Crippen molar-refractivity contribution < 1.29 is 4.74 Å². The van der Waals surface area contributed by atoms with E-state index in [0.29, 0.717) is 13.2 Å². The maximum Gasteiger partial charge on any atom is 0.0721 e. The lowest BCUT2D eigenvalue weighted by molar-refractivity contribution is 0.143. The maximum absolute atomic E-state index is 5.42. The normalized spacial score (nSPS) is 10.0. The van der Waals surface area contributed by atoms with Crippen molar-refractivity contribution in [3.05, 3.63) is 47.5 Å². The topological polar surface area (TPSA) is 9.23 Å². The molecule has 0 saturated heterocycles. The van der Waals surface area contributed by atoms with Crippen molar-refractivity contribution in [1.29, 1.82) is 0 Å². The highest BCUT2D eigenvalue weighted by atomic mass is 16.5. The summed E-state index contributed by atoms with van der Waals surface area (Å²) in [6, 6.07) is 8.38. The summed E-state index contributed by atoms with van der Waals surface area (Å²) in [7, 11) is 0. The van der Waals surface area contributed by atoms with E-state index in [1.54, 1.807) is 0 Å². The van der Waals surface area contributed by atoms with Crippen molar-refractivity contribution in [2.75, 3.05) is 6.61 Å². The average molecular weight is 176 g/mol. The molecule has 0 atom stereocenters. The van der Waals surface area contributed by atoms with Gasteiger partial charge in [-0.2, -0.15) is 0 Å². The quantitative estimate of drug-likeness (QED) is 0.640. The summed E-state index contributed by atoms with van der Waals surface area (Å²) in [6.07, 6.45) is 0. The standard InChI is InChI=1S/C12H16O/c1-10(2)8-13-9-12-6-4-11(3)5-7-12/h4-7H,1,8-9H2,2-3H3. The second-order valence-corrected chi connectivity index (χ2v) is 3.44. The van der Waals surface area contributed by atoms with Gasteiger partial charge in [0.1, 0.15) is 0 Å². The Labute approximate surface area is 80.0 Å². The first-order valence-electron chi connectivity index (χ1n) is 4.46. The van der Waals surface area contributed by atoms with Crippen LogP contribution in [-0.2, 0) is 11.3 Å². The van der Waals surface area contributed by atoms with Gasteiger partial charge in [0.25, 0.3) is 0 Å². The Morgan fingerprint density at radius 2 is 1.92 bits per heavy atom. The predicted molar refractivity (Wildman–Crippen MR) is 55.6 cm³/mol. The Bertz CT molecular complexity index is 272. The van der Waals surface area contributed by atoms with Crippen LogP contribution in [0.25, 0.3) is 0 Å². The van der Waals surface area contributed by atoms with E-state index in [-0.39, 0.29) is 0 Å². The van der Waals surface area contributed by atoms with Crippen molar-refractivity contribution in [2.24, 2.45) is 0 Å². The van der Waals surface area contributed by atoms with Gasteiger partial charge in [-0.05, 0) is 19.4 Å². The van der Waals surface area contributed by atoms with Crippen LogP contribution in [0.15, 0.2) is 36.4 Å². The number of aryl methyl sites for hydroxylation is 1. The zero-order valence-corrected chi connectivity index (χ0v) is 8.34. The molecule has 0 saturated carbocycles. The summed E-state index contributed by atoms with van der Waals surface area (Å²) >= 11 is 0. The van der Waals surface area contributed by atoms with E-state index in [0.717, 1.165) is 5.57 Å². The van der Waals surface area contributed by atoms with Crippen LogP contribution in [0.4, 0.5) is 0 Å². The molecule has 0 unspecified atom stereocenters. The summed E-state index contributed by atoms with van der Waals surface area (Å²) in [5, 5.41) is 0. The van der Waals surface area contributed by atoms with Gasteiger partial charge >= 0.3 is 0 Å². The summed E-state index contributed by atoms with van der Waals surface area (Å²) in [4.78, 5) is 0. The monoisotopic (exact) mass is 176 g/mol. The Kier molecular flexibility index (Phi) is 3.71. The minimum Gasteiger partial charge on any atom is -0.372 e. The second-order valence-electron chi connectivity index (χ2n) is 3.44. The third-order valence-electron chi connectivity index (χ3n) is 1.74. The second kappa shape index (κ2) is 4.83. The molecule has 0 aliphatic heterocycles. The smallest absolute Gasteiger partial charge is 0.0721 e. The maximum atomic E-state index is 5.42. The van der Waals surface area contributed by atoms with Crippen LogP contribution >= 0.6 is 0 Å². The SMILES string of the molecule is C=C(C)COCc1ccc(C)cc1. The van der Waals surface area contributed by atoms with Gasteiger partial charge in [-0.3, -0.25) is 0 Å². The van der Waals surface area contributed by atoms with Gasteiger partial charge in [0.15, 0.2) is 0 Å². The van der Waals surface area contributed by atoms with Crippen molar-refractivity contribution in [3.8, 4) is 0 Å². The van der Waals surface area contributed by atoms with Crippen molar-refractivity contribution >= 4 is 0 Å². The van der Waals surface area contributed by atoms with Crippen molar-refractivity contribution in [1.82, 2.24) is 0 Å². The molecule has 0 amide bonds. The highest BCUT2D eigenvalue weighted by molar-refractivity contribution is 5.20. The molecule has 1 aromatic carbocycles. The van der Waals surface area contributed by atoms with Crippen molar-refractivity contribution in [3.63, 3.8) is 0 Å². The molecular formula is C12H16O. The lowest BCUT2D eigenvalue weighted by Gasteiger charge is -2.03. The van der Waals surface area contributed by atoms with Gasteiger partial charge in [0.2, 0.25) is 0 Å². The molecule has 0 spiro atoms. The fourth-order valence-electron chi connectivity index (χ4n) is 1.03. The minimum absolute atomic E-state index is 0.647. The molecule has 1 nitrogen and oxygen atoms in total. The molecule has 1 heteroatoms. The van der Waals surface area contributed by atoms with Gasteiger partial charge in [-0.15, -0.1) is 0 Å². The molecule has 0 radical (unpaired) electrons. The Morgan fingerprint density at radius 1 is 1.31 bits per heavy atom. The highest BCUT2D eigenvalue weighted by Gasteiger charge is 1.92. The first kappa shape index (κ1) is 10.0. The van der Waals surface area contributed by atoms with E-state index in [4.69, 9.17) is 4.74 Å². The molecule has 0 N–H and O–H groups in total. The molecule has 70 valence electrons. The molecule has 13 heavy (non-hydrogen) atoms. The number of rotatable bonds is 4. The van der Waals surface area contributed by atoms with E-state index in [1.807, 2.05) is 6.92 Å². The van der Waals surface area contributed by atoms with E-state index in [1.165, 1.54) is 11.1 Å². The van der Waals surface area contributed by atoms with E-state index in [2.05, 4.69) is 37.8 Å². The third-order valence-corrected chi connectivity index (χ3v) is 1.74. The number of hydrogen-bond donors (Lipinski definition) is 0. The zero-order valence-electron chi connectivity index (χ0n) is 8.34. The van der Waals surface area contributed by atoms with Crippen LogP contribution in [0.5, 0.6) is 0 Å². The van der Waals surface area contributed by atoms with Gasteiger partial charge in [-0.1, -0.05) is 42.0 Å². The van der Waals surface area contributed by atoms with Gasteiger partial charge in [0, 0.05) is 0 Å². The van der Waals surface area contributed by atoms with Crippen LogP contribution in [-0.4, -0.2) is 6.61 Å². The molecule has 0 aromatic heterocycles. The minimum atomic E-state index is 0.647. The molecule has 0 fully saturated rings. The number of benzene rings is 1. The van der Waals surface area contributed by atoms with Crippen LogP contribution in [0.1, 0.15) is 18.1 Å². The first-order chi connectivity index (χ1) is 6.18. The number of hydrogen-bond acceptors (Lipinski definition) is 1. The number of ether oxygens (including phenoxy) is 1. The molecule has 0 heterocycles. The van der Waals surface area contributed by atoms with Crippen molar-refractivity contribution in [2.45, 2.75) is 20.5 Å². The largest absolute Gasteiger partial charge is 0.372 e. The lowest BCUT2D eigenvalue weighted by Crippen LogP contribution is -1.95. The highest BCUT2D eigenvalue weighted by Crippen LogP contribution is 2.04. The van der Waals surface area contributed by atoms with Crippen LogP contribution < -0.4 is 0 Å². The van der Waals surface area contributed by atoms with Crippen LogP contribution in [0.3, 0.4) is 0 Å². The fraction of sp³-hybridized carbons (Fsp3) is 0.333. The van der Waals surface area contributed by atoms with E-state index < -0.39 is 0 Å². The Balaban J connectivity index is 2.37. The predicted octanol–water partition coefficient (Wildman–Crippen LogP) is 3.09. The lowest BCUT2D eigenvalue weighted by atomic mass is 10.2. The Morgan fingerprint density at radius 3 is 2.46 bits per heavy atom. The van der Waals surface area contributed by atoms with Gasteiger partial charge in [-0.25, -0.2) is 0 Å². The first-order valence-corrected chi connectivity index (χ1v) is 4.46. The average Bonchev–Trinajstić information content (AvgIpc) is 2.08. The summed E-state index contributed by atoms with van der Waals surface area (Å²) in [5.41, 5.74) is 3.56. The molecular weight excluding hydrogens is 160 g/mol. The Hall–Kier alpha value is -1.08.